The maximum Gasteiger partial charge on any atom is 4.00 e. The first-order valence-corrected chi connectivity index (χ1v) is 0. The minimum Gasteiger partial charge on any atom is -2.00 e. The van der Waals surface area contributed by atoms with E-state index < -0.39 is 0 Å². The van der Waals surface area contributed by atoms with Gasteiger partial charge in [-0.05, 0) is 0 Å². The summed E-state index contributed by atoms with van der Waals surface area (Å²) in [7, 11) is 0. The van der Waals surface area contributed by atoms with Gasteiger partial charge in [-0.15, -0.1) is 0 Å². The van der Waals surface area contributed by atoms with Gasteiger partial charge in [0.2, 0.25) is 0 Å². The summed E-state index contributed by atoms with van der Waals surface area (Å²) in [4.78, 5) is 0. The van der Waals surface area contributed by atoms with Gasteiger partial charge in [0.1, 0.15) is 0 Å². The van der Waals surface area contributed by atoms with Crippen LogP contribution in [-0.2, 0) is 40.5 Å². The zero-order valence-corrected chi connectivity index (χ0v) is 11.4. The number of hydrogen-bond donors (Lipinski definition) is 0. The molecule has 0 saturated heterocycles. The van der Waals surface area contributed by atoms with E-state index in [0.717, 1.165) is 0 Å². The summed E-state index contributed by atoms with van der Waals surface area (Å²) < 4.78 is 0. The molecule has 0 aromatic heterocycles. The Morgan fingerprint density at radius 2 is 0.600 bits per heavy atom. The van der Waals surface area contributed by atoms with E-state index >= 15 is 0 Å². The number of hydrogen-bond acceptors (Lipinski definition) is 0. The van der Waals surface area contributed by atoms with Crippen molar-refractivity contribution in [2.45, 2.75) is 0 Å². The molecule has 0 heterocycles. The average molecular weight is 422 g/mol. The molecule has 0 unspecified atom stereocenters. The molecule has 5 heavy (non-hydrogen) atoms. The Bertz CT molecular complexity index is 6.85. The summed E-state index contributed by atoms with van der Waals surface area (Å²) in [5.41, 5.74) is 0. The van der Waals surface area contributed by atoms with Crippen LogP contribution in [-0.4, -0.2) is 51.2 Å². The van der Waals surface area contributed by atoms with Gasteiger partial charge in [0.15, 0.2) is 0 Å². The summed E-state index contributed by atoms with van der Waals surface area (Å²) in [5, 5.41) is 0. The van der Waals surface area contributed by atoms with Crippen LogP contribution in [0.2, 0.25) is 0 Å². The monoisotopic (exact) mass is 424 g/mol. The summed E-state index contributed by atoms with van der Waals surface area (Å²) in [6.07, 6.45) is 0. The topological polar surface area (TPSA) is 0 Å². The molecule has 0 atom stereocenters. The Kier molecular flexibility index (Phi) is 273. The van der Waals surface area contributed by atoms with E-state index in [-0.39, 0.29) is 91.7 Å². The normalized spacial score (nSPS) is 0. The predicted octanol–water partition coefficient (Wildman–Crippen LogP) is -0.769. The van der Waals surface area contributed by atoms with Crippen LogP contribution in [0.3, 0.4) is 0 Å². The van der Waals surface area contributed by atoms with Gasteiger partial charge in [0, 0.05) is 0 Å². The third-order valence-corrected chi connectivity index (χ3v) is 0. The van der Waals surface area contributed by atoms with Gasteiger partial charge in [0.05, 0.1) is 0 Å². The molecular weight excluding hydrogens is 422 g/mol. The van der Waals surface area contributed by atoms with Crippen molar-refractivity contribution in [1.82, 2.24) is 0 Å². The molecule has 0 bridgehead atoms. The molecule has 0 fully saturated rings. The van der Waals surface area contributed by atoms with Crippen molar-refractivity contribution in [2.75, 3.05) is 0 Å². The first-order chi connectivity index (χ1) is 0. The zero-order chi connectivity index (χ0) is 0. The standard InChI is InChI=1S/Pb.3S.Sn/q+2;3*-2;+4. The summed E-state index contributed by atoms with van der Waals surface area (Å²) >= 11 is 0. The van der Waals surface area contributed by atoms with Crippen LogP contribution >= 0.6 is 0 Å². The van der Waals surface area contributed by atoms with E-state index in [1.807, 2.05) is 0 Å². The Morgan fingerprint density at radius 3 is 0.600 bits per heavy atom. The van der Waals surface area contributed by atoms with Crippen LogP contribution in [0.1, 0.15) is 0 Å². The van der Waals surface area contributed by atoms with Crippen LogP contribution in [0.4, 0.5) is 0 Å². The number of rotatable bonds is 0. The molecule has 0 aliphatic rings. The Morgan fingerprint density at radius 1 is 0.600 bits per heavy atom. The van der Waals surface area contributed by atoms with Gasteiger partial charge in [-0.1, -0.05) is 0 Å². The average Bonchev–Trinajstić information content (AvgIpc) is 0. The molecule has 0 amide bonds. The molecule has 5 heteroatoms. The fourth-order valence-corrected chi connectivity index (χ4v) is 0. The van der Waals surface area contributed by atoms with Gasteiger partial charge in [0.25, 0.3) is 0 Å². The Hall–Kier alpha value is 2.77. The molecule has 0 saturated carbocycles. The van der Waals surface area contributed by atoms with Crippen molar-refractivity contribution in [1.29, 1.82) is 0 Å². The van der Waals surface area contributed by atoms with Gasteiger partial charge < -0.3 is 40.5 Å². The predicted molar refractivity (Wildman–Crippen MR) is 33.6 cm³/mol. The minimum absolute atomic E-state index is 0. The van der Waals surface area contributed by atoms with E-state index in [1.165, 1.54) is 0 Å². The smallest absolute Gasteiger partial charge is 2.00 e. The second-order valence-electron chi connectivity index (χ2n) is 0. The van der Waals surface area contributed by atoms with Crippen molar-refractivity contribution in [2.24, 2.45) is 0 Å². The van der Waals surface area contributed by atoms with Crippen LogP contribution in [0.15, 0.2) is 0 Å². The Balaban J connectivity index is 0. The van der Waals surface area contributed by atoms with Crippen molar-refractivity contribution in [3.8, 4) is 0 Å². The van der Waals surface area contributed by atoms with Crippen molar-refractivity contribution in [3.05, 3.63) is 0 Å². The molecule has 0 aliphatic heterocycles. The van der Waals surface area contributed by atoms with E-state index in [4.69, 9.17) is 0 Å². The third-order valence-electron chi connectivity index (χ3n) is 0. The van der Waals surface area contributed by atoms with Crippen molar-refractivity contribution in [3.63, 3.8) is 0 Å². The first-order valence-electron chi connectivity index (χ1n) is 0. The molecule has 0 rings (SSSR count). The van der Waals surface area contributed by atoms with Crippen molar-refractivity contribution < 1.29 is 0 Å². The van der Waals surface area contributed by atoms with Crippen LogP contribution < -0.4 is 0 Å². The van der Waals surface area contributed by atoms with Crippen LogP contribution in [0, 0.1) is 0 Å². The maximum absolute atomic E-state index is 0. The summed E-state index contributed by atoms with van der Waals surface area (Å²) in [5.74, 6) is 0. The molecule has 26 valence electrons. The van der Waals surface area contributed by atoms with Gasteiger partial charge in [-0.3, -0.25) is 0 Å². The SMILES string of the molecule is [Pb+2].[S-2].[S-2].[S-2].[Sn+4]. The molecule has 2 radical (unpaired) electrons. The molecule has 0 nitrogen and oxygen atoms in total. The van der Waals surface area contributed by atoms with Crippen LogP contribution in [0.5, 0.6) is 0 Å². The van der Waals surface area contributed by atoms with Crippen LogP contribution in [0.25, 0.3) is 0 Å². The zero-order valence-electron chi connectivity index (χ0n) is 2.22. The quantitative estimate of drug-likeness (QED) is 0.451. The fraction of sp³-hybridized carbons (Fsp3) is 0. The van der Waals surface area contributed by atoms with Crippen molar-refractivity contribution >= 4 is 91.7 Å². The Labute approximate surface area is 90.3 Å². The second kappa shape index (κ2) is 29.4. The largest absolute Gasteiger partial charge is 4.00 e. The first kappa shape index (κ1) is 46.4. The second-order valence-corrected chi connectivity index (χ2v) is 0. The molecular formula is PbS3Sn. The van der Waals surface area contributed by atoms with E-state index in [2.05, 4.69) is 0 Å². The molecule has 0 spiro atoms. The minimum atomic E-state index is 0. The van der Waals surface area contributed by atoms with E-state index in [1.54, 1.807) is 0 Å². The summed E-state index contributed by atoms with van der Waals surface area (Å²) in [6.45, 7) is 0. The van der Waals surface area contributed by atoms with Gasteiger partial charge in [-0.2, -0.15) is 0 Å². The van der Waals surface area contributed by atoms with E-state index in [0.29, 0.717) is 0 Å². The summed E-state index contributed by atoms with van der Waals surface area (Å²) in [6, 6.07) is 0. The van der Waals surface area contributed by atoms with E-state index in [9.17, 15) is 0 Å². The molecule has 0 aromatic rings. The third kappa shape index (κ3) is 20.1. The maximum atomic E-state index is 0. The fourth-order valence-electron chi connectivity index (χ4n) is 0. The molecule has 0 N–H and O–H groups in total. The molecule has 0 aliphatic carbocycles. The molecule has 0 aromatic carbocycles. The van der Waals surface area contributed by atoms with Gasteiger partial charge in [-0.25, -0.2) is 0 Å². The van der Waals surface area contributed by atoms with Gasteiger partial charge >= 0.3 is 51.2 Å².